The first kappa shape index (κ1) is 15.5. The summed E-state index contributed by atoms with van der Waals surface area (Å²) in [6.45, 7) is 1.37. The second kappa shape index (κ2) is 6.81. The zero-order valence-electron chi connectivity index (χ0n) is 13.5. The fourth-order valence-corrected chi connectivity index (χ4v) is 2.90. The van der Waals surface area contributed by atoms with Gasteiger partial charge >= 0.3 is 0 Å². The average molecular weight is 329 g/mol. The van der Waals surface area contributed by atoms with E-state index in [9.17, 15) is 4.39 Å². The molecule has 0 atom stereocenters. The van der Waals surface area contributed by atoms with E-state index in [4.69, 9.17) is 0 Å². The van der Waals surface area contributed by atoms with Gasteiger partial charge in [-0.25, -0.2) is 9.37 Å². The molecule has 4 heteroatoms. The van der Waals surface area contributed by atoms with E-state index in [0.29, 0.717) is 6.54 Å². The van der Waals surface area contributed by atoms with E-state index in [-0.39, 0.29) is 5.82 Å². The van der Waals surface area contributed by atoms with E-state index in [2.05, 4.69) is 45.4 Å². The number of nitrogens with zero attached hydrogens (tertiary/aromatic N) is 2. The molecule has 3 aromatic rings. The van der Waals surface area contributed by atoms with E-state index in [0.717, 1.165) is 34.6 Å². The Kier molecular flexibility index (Phi) is 4.21. The van der Waals surface area contributed by atoms with E-state index in [1.54, 1.807) is 18.3 Å². The molecule has 0 bridgehead atoms. The Bertz CT molecular complexity index is 971. The van der Waals surface area contributed by atoms with Crippen LogP contribution in [0.5, 0.6) is 0 Å². The molecule has 1 aliphatic heterocycles. The molecule has 0 saturated carbocycles. The molecule has 25 heavy (non-hydrogen) atoms. The van der Waals surface area contributed by atoms with Crippen LogP contribution in [0.15, 0.2) is 65.8 Å². The van der Waals surface area contributed by atoms with Crippen LogP contribution >= 0.6 is 0 Å². The molecule has 0 saturated heterocycles. The second-order valence-corrected chi connectivity index (χ2v) is 5.91. The van der Waals surface area contributed by atoms with Gasteiger partial charge < -0.3 is 5.32 Å². The Balaban J connectivity index is 1.43. The smallest absolute Gasteiger partial charge is 0.170 e. The molecular weight excluding hydrogens is 313 g/mol. The van der Waals surface area contributed by atoms with Gasteiger partial charge in [0.2, 0.25) is 0 Å². The van der Waals surface area contributed by atoms with E-state index in [1.807, 2.05) is 18.2 Å². The summed E-state index contributed by atoms with van der Waals surface area (Å²) in [5, 5.41) is 3.34. The maximum absolute atomic E-state index is 13.2. The van der Waals surface area contributed by atoms with E-state index >= 15 is 0 Å². The maximum atomic E-state index is 13.2. The Morgan fingerprint density at radius 3 is 2.64 bits per heavy atom. The van der Waals surface area contributed by atoms with Gasteiger partial charge in [-0.05, 0) is 46.3 Å². The van der Waals surface area contributed by atoms with Crippen molar-refractivity contribution in [3.05, 3.63) is 83.3 Å². The quantitative estimate of drug-likeness (QED) is 0.585. The SMILES string of the molecule is Fc1cccc(CNCc2ccc(-c3ccnc4c3C=C=N4)cc2)c1. The minimum absolute atomic E-state index is 0.202. The molecule has 0 fully saturated rings. The third-order valence-electron chi connectivity index (χ3n) is 4.16. The fourth-order valence-electron chi connectivity index (χ4n) is 2.90. The zero-order chi connectivity index (χ0) is 17.1. The largest absolute Gasteiger partial charge is 0.309 e. The molecule has 2 heterocycles. The number of rotatable bonds is 5. The van der Waals surface area contributed by atoms with Crippen LogP contribution in [0.1, 0.15) is 16.7 Å². The molecular formula is C21H16FN3. The van der Waals surface area contributed by atoms with Crippen molar-refractivity contribution in [3.8, 4) is 11.1 Å². The average Bonchev–Trinajstić information content (AvgIpc) is 3.11. The van der Waals surface area contributed by atoms with Crippen LogP contribution in [0.4, 0.5) is 10.2 Å². The Hall–Kier alpha value is -3.07. The Morgan fingerprint density at radius 2 is 1.80 bits per heavy atom. The lowest BCUT2D eigenvalue weighted by Gasteiger charge is -2.08. The minimum Gasteiger partial charge on any atom is -0.309 e. The molecule has 1 aromatic heterocycles. The first-order valence-electron chi connectivity index (χ1n) is 8.12. The number of benzene rings is 2. The molecule has 0 aliphatic carbocycles. The first-order valence-corrected chi connectivity index (χ1v) is 8.12. The summed E-state index contributed by atoms with van der Waals surface area (Å²) in [5.41, 5.74) is 5.37. The van der Waals surface area contributed by atoms with Gasteiger partial charge in [-0.2, -0.15) is 4.99 Å². The van der Waals surface area contributed by atoms with Crippen LogP contribution in [0, 0.1) is 5.82 Å². The highest BCUT2D eigenvalue weighted by Gasteiger charge is 2.11. The molecule has 122 valence electrons. The molecule has 2 aromatic carbocycles. The van der Waals surface area contributed by atoms with Gasteiger partial charge in [0.05, 0.1) is 0 Å². The van der Waals surface area contributed by atoms with Gasteiger partial charge in [0.25, 0.3) is 0 Å². The number of hydrogen-bond acceptors (Lipinski definition) is 3. The molecule has 4 rings (SSSR count). The molecule has 0 radical (unpaired) electrons. The monoisotopic (exact) mass is 329 g/mol. The summed E-state index contributed by atoms with van der Waals surface area (Å²) >= 11 is 0. The number of fused-ring (bicyclic) bond motifs is 1. The van der Waals surface area contributed by atoms with Crippen molar-refractivity contribution >= 4 is 17.8 Å². The van der Waals surface area contributed by atoms with Crippen molar-refractivity contribution in [2.75, 3.05) is 0 Å². The molecule has 1 N–H and O–H groups in total. The summed E-state index contributed by atoms with van der Waals surface area (Å²) in [6.07, 6.45) is 3.64. The molecule has 0 spiro atoms. The number of aromatic nitrogens is 1. The molecule has 0 amide bonds. The van der Waals surface area contributed by atoms with Crippen molar-refractivity contribution in [2.45, 2.75) is 13.1 Å². The highest BCUT2D eigenvalue weighted by atomic mass is 19.1. The van der Waals surface area contributed by atoms with Crippen LogP contribution in [-0.4, -0.2) is 10.9 Å². The highest BCUT2D eigenvalue weighted by molar-refractivity contribution is 5.94. The molecule has 0 unspecified atom stereocenters. The van der Waals surface area contributed by atoms with Crippen LogP contribution in [0.2, 0.25) is 0 Å². The van der Waals surface area contributed by atoms with Crippen molar-refractivity contribution in [1.82, 2.24) is 10.3 Å². The van der Waals surface area contributed by atoms with Gasteiger partial charge in [-0.3, -0.25) is 0 Å². The van der Waals surface area contributed by atoms with Gasteiger partial charge in [0.1, 0.15) is 5.82 Å². The second-order valence-electron chi connectivity index (χ2n) is 5.91. The van der Waals surface area contributed by atoms with Crippen LogP contribution in [0.25, 0.3) is 17.2 Å². The highest BCUT2D eigenvalue weighted by Crippen LogP contribution is 2.31. The lowest BCUT2D eigenvalue weighted by molar-refractivity contribution is 0.620. The summed E-state index contributed by atoms with van der Waals surface area (Å²) < 4.78 is 13.2. The summed E-state index contributed by atoms with van der Waals surface area (Å²) in [7, 11) is 0. The number of hydrogen-bond donors (Lipinski definition) is 1. The lowest BCUT2D eigenvalue weighted by Crippen LogP contribution is -2.12. The van der Waals surface area contributed by atoms with Crippen molar-refractivity contribution in [2.24, 2.45) is 4.99 Å². The number of halogens is 1. The minimum atomic E-state index is -0.202. The summed E-state index contributed by atoms with van der Waals surface area (Å²) in [4.78, 5) is 8.37. The van der Waals surface area contributed by atoms with Crippen LogP contribution in [-0.2, 0) is 13.1 Å². The summed E-state index contributed by atoms with van der Waals surface area (Å²) in [5.74, 6) is 3.38. The maximum Gasteiger partial charge on any atom is 0.170 e. The third kappa shape index (κ3) is 3.41. The van der Waals surface area contributed by atoms with Crippen molar-refractivity contribution in [3.63, 3.8) is 0 Å². The molecule has 3 nitrogen and oxygen atoms in total. The molecule has 1 aliphatic rings. The van der Waals surface area contributed by atoms with E-state index in [1.165, 1.54) is 11.6 Å². The summed E-state index contributed by atoms with van der Waals surface area (Å²) in [6, 6.07) is 17.0. The number of aliphatic imine (C=N–C) groups is 1. The normalized spacial score (nSPS) is 11.7. The Labute approximate surface area is 145 Å². The standard InChI is InChI=1S/C21H16FN3/c22-18-3-1-2-16(12-18)14-23-13-15-4-6-17(7-5-15)19-8-10-24-21-20(19)9-11-25-21/h1-10,12,23H,13-14H2. The van der Waals surface area contributed by atoms with Gasteiger partial charge in [0.15, 0.2) is 5.82 Å². The predicted octanol–water partition coefficient (Wildman–Crippen LogP) is 4.51. The fraction of sp³-hybridized carbons (Fsp3) is 0.0952. The van der Waals surface area contributed by atoms with Gasteiger partial charge in [0, 0.05) is 30.9 Å². The van der Waals surface area contributed by atoms with E-state index < -0.39 is 0 Å². The van der Waals surface area contributed by atoms with Gasteiger partial charge in [-0.15, -0.1) is 0 Å². The van der Waals surface area contributed by atoms with Crippen molar-refractivity contribution < 1.29 is 4.39 Å². The predicted molar refractivity (Wildman–Crippen MR) is 98.2 cm³/mol. The first-order chi connectivity index (χ1) is 12.3. The number of pyridine rings is 1. The van der Waals surface area contributed by atoms with Gasteiger partial charge in [-0.1, -0.05) is 36.4 Å². The van der Waals surface area contributed by atoms with Crippen LogP contribution in [0.3, 0.4) is 0 Å². The zero-order valence-corrected chi connectivity index (χ0v) is 13.5. The topological polar surface area (TPSA) is 37.3 Å². The third-order valence-corrected chi connectivity index (χ3v) is 4.16. The lowest BCUT2D eigenvalue weighted by atomic mass is 10.00. The van der Waals surface area contributed by atoms with Crippen LogP contribution < -0.4 is 5.32 Å². The number of nitrogens with one attached hydrogen (secondary N) is 1. The van der Waals surface area contributed by atoms with Crippen molar-refractivity contribution in [1.29, 1.82) is 0 Å². The Morgan fingerprint density at radius 1 is 0.960 bits per heavy atom.